The van der Waals surface area contributed by atoms with Crippen LogP contribution in [0, 0.1) is 6.92 Å². The van der Waals surface area contributed by atoms with Crippen LogP contribution < -0.4 is 10.6 Å². The summed E-state index contributed by atoms with van der Waals surface area (Å²) in [6.45, 7) is 2.39. The quantitative estimate of drug-likeness (QED) is 0.793. The number of hydrogen-bond donors (Lipinski definition) is 1. The lowest BCUT2D eigenvalue weighted by atomic mass is 10.3. The van der Waals surface area contributed by atoms with Crippen LogP contribution in [0.2, 0.25) is 0 Å². The molecular weight excluding hydrogens is 316 g/mol. The molecule has 0 saturated carbocycles. The molecule has 9 heteroatoms. The van der Waals surface area contributed by atoms with Gasteiger partial charge >= 0.3 is 0 Å². The summed E-state index contributed by atoms with van der Waals surface area (Å²) in [6, 6.07) is 1.69. The van der Waals surface area contributed by atoms with E-state index in [2.05, 4.69) is 9.97 Å². The molecule has 110 valence electrons. The van der Waals surface area contributed by atoms with Gasteiger partial charge in [-0.1, -0.05) is 12.2 Å². The molecule has 1 aromatic rings. The Morgan fingerprint density at radius 3 is 2.85 bits per heavy atom. The highest BCUT2D eigenvalue weighted by Gasteiger charge is 2.32. The van der Waals surface area contributed by atoms with Crippen LogP contribution in [0.25, 0.3) is 0 Å². The lowest BCUT2D eigenvalue weighted by Crippen LogP contribution is -2.48. The van der Waals surface area contributed by atoms with Crippen molar-refractivity contribution in [2.45, 2.75) is 12.3 Å². The average Bonchev–Trinajstić information content (AvgIpc) is 2.37. The molecule has 2 N–H and O–H groups in total. The molecule has 20 heavy (non-hydrogen) atoms. The van der Waals surface area contributed by atoms with E-state index in [0.717, 1.165) is 5.75 Å². The van der Waals surface area contributed by atoms with Gasteiger partial charge in [0, 0.05) is 30.0 Å². The fourth-order valence-corrected chi connectivity index (χ4v) is 4.89. The summed E-state index contributed by atoms with van der Waals surface area (Å²) in [7, 11) is -3.21. The van der Waals surface area contributed by atoms with Crippen molar-refractivity contribution in [3.05, 3.63) is 17.5 Å². The van der Waals surface area contributed by atoms with E-state index in [0.29, 0.717) is 29.6 Å². The summed E-state index contributed by atoms with van der Waals surface area (Å²) in [5.74, 6) is 1.73. The Hall–Kier alpha value is -0.930. The van der Waals surface area contributed by atoms with Crippen LogP contribution in [0.15, 0.2) is 6.07 Å². The molecule has 1 atom stereocenters. The second kappa shape index (κ2) is 5.82. The third-order valence-corrected chi connectivity index (χ3v) is 5.78. The molecule has 0 aliphatic carbocycles. The van der Waals surface area contributed by atoms with Gasteiger partial charge in [0.15, 0.2) is 9.84 Å². The van der Waals surface area contributed by atoms with Crippen LogP contribution >= 0.6 is 24.0 Å². The van der Waals surface area contributed by atoms with Crippen molar-refractivity contribution in [3.63, 3.8) is 0 Å². The van der Waals surface area contributed by atoms with E-state index in [1.807, 2.05) is 0 Å². The Morgan fingerprint density at radius 2 is 2.25 bits per heavy atom. The number of aromatic nitrogens is 2. The highest BCUT2D eigenvalue weighted by Crippen LogP contribution is 2.24. The summed E-state index contributed by atoms with van der Waals surface area (Å²) in [5, 5.41) is -0.609. The van der Waals surface area contributed by atoms with Crippen LogP contribution in [0.3, 0.4) is 0 Å². The largest absolute Gasteiger partial charge is 0.388 e. The Labute approximate surface area is 128 Å². The number of thiocarbonyl (C=S) groups is 1. The smallest absolute Gasteiger partial charge is 0.227 e. The molecule has 1 aliphatic heterocycles. The standard InChI is InChI=1S/C11H16N4O2S3/c1-7-5-8(10(12)18)14-11(13-7)15-3-4-19-6-9(15)20(2,16)17/h5,9H,3-4,6H2,1-2H3,(H2,12,18). The molecule has 1 aromatic heterocycles. The zero-order valence-corrected chi connectivity index (χ0v) is 13.7. The van der Waals surface area contributed by atoms with Crippen LogP contribution in [0.5, 0.6) is 0 Å². The summed E-state index contributed by atoms with van der Waals surface area (Å²) in [5.41, 5.74) is 6.78. The molecular formula is C11H16N4O2S3. The molecule has 0 spiro atoms. The van der Waals surface area contributed by atoms with Crippen molar-refractivity contribution in [2.75, 3.05) is 29.2 Å². The molecule has 2 heterocycles. The SMILES string of the molecule is Cc1cc(C(N)=S)nc(N2CCSCC2S(C)(=O)=O)n1. The monoisotopic (exact) mass is 332 g/mol. The van der Waals surface area contributed by atoms with E-state index in [4.69, 9.17) is 18.0 Å². The lowest BCUT2D eigenvalue weighted by Gasteiger charge is -2.34. The summed E-state index contributed by atoms with van der Waals surface area (Å²) < 4.78 is 23.8. The summed E-state index contributed by atoms with van der Waals surface area (Å²) in [4.78, 5) is 10.5. The van der Waals surface area contributed by atoms with Crippen molar-refractivity contribution in [3.8, 4) is 0 Å². The van der Waals surface area contributed by atoms with E-state index in [-0.39, 0.29) is 4.99 Å². The van der Waals surface area contributed by atoms with Crippen molar-refractivity contribution in [1.29, 1.82) is 0 Å². The normalized spacial score (nSPS) is 19.9. The van der Waals surface area contributed by atoms with Gasteiger partial charge in [-0.15, -0.1) is 0 Å². The van der Waals surface area contributed by atoms with Gasteiger partial charge in [-0.2, -0.15) is 11.8 Å². The Bertz CT molecular complexity index is 633. The molecule has 2 rings (SSSR count). The maximum atomic E-state index is 11.9. The predicted octanol–water partition coefficient (Wildman–Crippen LogP) is 0.343. The van der Waals surface area contributed by atoms with Crippen molar-refractivity contribution < 1.29 is 8.42 Å². The first-order chi connectivity index (χ1) is 9.29. The highest BCUT2D eigenvalue weighted by molar-refractivity contribution is 8.01. The molecule has 0 radical (unpaired) electrons. The molecule has 0 amide bonds. The number of nitrogens with zero attached hydrogens (tertiary/aromatic N) is 3. The minimum Gasteiger partial charge on any atom is -0.388 e. The van der Waals surface area contributed by atoms with Crippen LogP contribution in [-0.4, -0.2) is 53.1 Å². The number of aryl methyl sites for hydroxylation is 1. The van der Waals surface area contributed by atoms with Crippen molar-refractivity contribution in [2.24, 2.45) is 5.73 Å². The zero-order valence-electron chi connectivity index (χ0n) is 11.2. The zero-order chi connectivity index (χ0) is 14.9. The third kappa shape index (κ3) is 3.39. The molecule has 6 nitrogen and oxygen atoms in total. The van der Waals surface area contributed by atoms with Gasteiger partial charge in [0.1, 0.15) is 16.1 Å². The molecule has 1 unspecified atom stereocenters. The van der Waals surface area contributed by atoms with E-state index in [1.165, 1.54) is 6.26 Å². The molecule has 0 bridgehead atoms. The van der Waals surface area contributed by atoms with E-state index in [9.17, 15) is 8.42 Å². The van der Waals surface area contributed by atoms with Crippen molar-refractivity contribution >= 4 is 44.8 Å². The molecule has 1 saturated heterocycles. The number of thioether (sulfide) groups is 1. The molecule has 1 aliphatic rings. The lowest BCUT2D eigenvalue weighted by molar-refractivity contribution is 0.582. The second-order valence-corrected chi connectivity index (χ2v) is 8.40. The second-order valence-electron chi connectivity index (χ2n) is 4.61. The number of anilines is 1. The van der Waals surface area contributed by atoms with Gasteiger partial charge in [0.25, 0.3) is 0 Å². The van der Waals surface area contributed by atoms with Gasteiger partial charge in [-0.05, 0) is 13.0 Å². The average molecular weight is 332 g/mol. The van der Waals surface area contributed by atoms with E-state index < -0.39 is 15.2 Å². The fourth-order valence-electron chi connectivity index (χ4n) is 1.97. The van der Waals surface area contributed by atoms with Gasteiger partial charge in [0.05, 0.1) is 0 Å². The number of nitrogens with two attached hydrogens (primary N) is 1. The number of sulfone groups is 1. The first-order valence-electron chi connectivity index (χ1n) is 5.98. The minimum absolute atomic E-state index is 0.180. The highest BCUT2D eigenvalue weighted by atomic mass is 32.2. The van der Waals surface area contributed by atoms with E-state index >= 15 is 0 Å². The fraction of sp³-hybridized carbons (Fsp3) is 0.545. The Morgan fingerprint density at radius 1 is 1.55 bits per heavy atom. The van der Waals surface area contributed by atoms with Gasteiger partial charge in [-0.3, -0.25) is 0 Å². The molecule has 1 fully saturated rings. The minimum atomic E-state index is -3.21. The summed E-state index contributed by atoms with van der Waals surface area (Å²) >= 11 is 6.55. The third-order valence-electron chi connectivity index (χ3n) is 2.93. The first-order valence-corrected chi connectivity index (χ1v) is 9.49. The van der Waals surface area contributed by atoms with Crippen LogP contribution in [0.4, 0.5) is 5.95 Å². The first kappa shape index (κ1) is 15.5. The van der Waals surface area contributed by atoms with Gasteiger partial charge in [0.2, 0.25) is 5.95 Å². The number of rotatable bonds is 3. The Balaban J connectivity index is 2.45. The van der Waals surface area contributed by atoms with Crippen molar-refractivity contribution in [1.82, 2.24) is 9.97 Å². The Kier molecular flexibility index (Phi) is 4.50. The van der Waals surface area contributed by atoms with Crippen LogP contribution in [0.1, 0.15) is 11.4 Å². The summed E-state index contributed by atoms with van der Waals surface area (Å²) in [6.07, 6.45) is 1.24. The molecule has 0 aromatic carbocycles. The number of hydrogen-bond acceptors (Lipinski definition) is 7. The topological polar surface area (TPSA) is 89.2 Å². The van der Waals surface area contributed by atoms with Gasteiger partial charge < -0.3 is 10.6 Å². The van der Waals surface area contributed by atoms with E-state index in [1.54, 1.807) is 29.7 Å². The van der Waals surface area contributed by atoms with Crippen LogP contribution in [-0.2, 0) is 9.84 Å². The maximum absolute atomic E-state index is 11.9. The predicted molar refractivity (Wildman–Crippen MR) is 86.0 cm³/mol. The maximum Gasteiger partial charge on any atom is 0.227 e. The van der Waals surface area contributed by atoms with Gasteiger partial charge in [-0.25, -0.2) is 18.4 Å².